The summed E-state index contributed by atoms with van der Waals surface area (Å²) in [7, 11) is 3.02. The number of hydrogen-bond acceptors (Lipinski definition) is 8. The Balaban J connectivity index is 1.42. The number of benzene rings is 1. The first-order valence-corrected chi connectivity index (χ1v) is 15.9. The van der Waals surface area contributed by atoms with Crippen molar-refractivity contribution in [1.82, 2.24) is 25.5 Å². The summed E-state index contributed by atoms with van der Waals surface area (Å²) < 4.78 is 26.7. The number of urea groups is 1. The number of thiazole rings is 1. The van der Waals surface area contributed by atoms with Gasteiger partial charge in [-0.2, -0.15) is 0 Å². The summed E-state index contributed by atoms with van der Waals surface area (Å²) in [4.78, 5) is 49.4. The molecule has 3 amide bonds. The first-order valence-electron chi connectivity index (χ1n) is 15.0. The number of amides is 3. The van der Waals surface area contributed by atoms with Gasteiger partial charge >= 0.3 is 12.0 Å². The second-order valence-electron chi connectivity index (χ2n) is 11.8. The molecule has 1 saturated carbocycles. The number of ether oxygens (including phenoxy) is 2. The first kappa shape index (κ1) is 32.1. The van der Waals surface area contributed by atoms with Crippen molar-refractivity contribution in [2.75, 3.05) is 27.3 Å². The maximum Gasteiger partial charge on any atom is 0.330 e. The zero-order valence-corrected chi connectivity index (χ0v) is 26.6. The largest absolute Gasteiger partial charge is 0.494 e. The maximum absolute atomic E-state index is 15.4. The van der Waals surface area contributed by atoms with Crippen molar-refractivity contribution in [1.29, 1.82) is 0 Å². The van der Waals surface area contributed by atoms with Gasteiger partial charge in [-0.3, -0.25) is 4.79 Å². The second kappa shape index (κ2) is 13.4. The Morgan fingerprint density at radius 3 is 2.76 bits per heavy atom. The molecule has 3 aromatic rings. The molecule has 11 nitrogen and oxygen atoms in total. The zero-order valence-electron chi connectivity index (χ0n) is 25.8. The molecule has 0 spiro atoms. The van der Waals surface area contributed by atoms with Gasteiger partial charge in [0.15, 0.2) is 11.6 Å². The lowest BCUT2D eigenvalue weighted by molar-refractivity contribution is -0.143. The average Bonchev–Trinajstić information content (AvgIpc) is 3.47. The van der Waals surface area contributed by atoms with Crippen LogP contribution in [0.1, 0.15) is 57.6 Å². The van der Waals surface area contributed by atoms with Gasteiger partial charge in [0.1, 0.15) is 33.5 Å². The number of aromatic nitrogens is 2. The van der Waals surface area contributed by atoms with Gasteiger partial charge in [-0.1, -0.05) is 26.0 Å². The van der Waals surface area contributed by atoms with Crippen LogP contribution in [0.3, 0.4) is 0 Å². The van der Waals surface area contributed by atoms with E-state index in [0.717, 1.165) is 25.0 Å². The van der Waals surface area contributed by atoms with Crippen LogP contribution < -0.4 is 20.1 Å². The zero-order chi connectivity index (χ0) is 32.3. The molecule has 0 radical (unpaired) electrons. The highest BCUT2D eigenvalue weighted by Gasteiger charge is 2.60. The fourth-order valence-corrected chi connectivity index (χ4v) is 6.26. The van der Waals surface area contributed by atoms with Crippen LogP contribution in [0.5, 0.6) is 11.5 Å². The minimum atomic E-state index is -1.41. The Morgan fingerprint density at radius 2 is 2.04 bits per heavy atom. The van der Waals surface area contributed by atoms with E-state index < -0.39 is 35.3 Å². The van der Waals surface area contributed by atoms with Gasteiger partial charge in [0.2, 0.25) is 5.91 Å². The molecule has 13 heteroatoms. The van der Waals surface area contributed by atoms with Crippen LogP contribution in [0.25, 0.3) is 21.6 Å². The number of carboxylic acids is 1. The predicted octanol–water partition coefficient (Wildman–Crippen LogP) is 5.11. The molecule has 1 fully saturated rings. The van der Waals surface area contributed by atoms with E-state index >= 15 is 4.39 Å². The number of rotatable bonds is 8. The molecule has 1 aliphatic carbocycles. The molecule has 3 N–H and O–H groups in total. The van der Waals surface area contributed by atoms with Crippen molar-refractivity contribution in [3.63, 3.8) is 0 Å². The molecule has 1 aromatic carbocycles. The smallest absolute Gasteiger partial charge is 0.330 e. The van der Waals surface area contributed by atoms with E-state index in [1.165, 1.54) is 29.4 Å². The summed E-state index contributed by atoms with van der Waals surface area (Å²) in [6.45, 7) is 4.51. The Kier molecular flexibility index (Phi) is 9.56. The van der Waals surface area contributed by atoms with Crippen LogP contribution in [0.2, 0.25) is 0 Å². The van der Waals surface area contributed by atoms with E-state index in [4.69, 9.17) is 9.47 Å². The molecular weight excluding hydrogens is 601 g/mol. The molecule has 240 valence electrons. The third-order valence-corrected chi connectivity index (χ3v) is 9.13. The molecule has 5 rings (SSSR count). The number of carbonyl (C=O) groups is 3. The summed E-state index contributed by atoms with van der Waals surface area (Å²) in [5.74, 6) is -2.16. The maximum atomic E-state index is 15.4. The standard InChI is InChI=1S/C32H38FN5O6S/c1-18(2)23-17-45-29(35-23)22-15-25(20-10-11-24(43-4)26(33)27(20)34-22)44-14-12-21-28(39)37-32(30(40)41)16-19(32)9-7-5-6-8-13-38(3)31(42)36-21/h7,9-11,15,17-19,21H,5-6,8,12-14,16H2,1-4H3,(H,36,42)(H,37,39)(H,40,41)/t19-,21+,32-/m1/s1. The normalized spacial score (nSPS) is 22.4. The molecule has 3 heterocycles. The fraction of sp³-hybridized carbons (Fsp3) is 0.469. The number of methoxy groups -OCH3 is 1. The molecule has 45 heavy (non-hydrogen) atoms. The van der Waals surface area contributed by atoms with Crippen LogP contribution in [-0.4, -0.2) is 76.8 Å². The first-order chi connectivity index (χ1) is 21.5. The van der Waals surface area contributed by atoms with Crippen molar-refractivity contribution in [3.05, 3.63) is 47.2 Å². The monoisotopic (exact) mass is 639 g/mol. The van der Waals surface area contributed by atoms with E-state index in [2.05, 4.69) is 20.6 Å². The molecule has 2 aliphatic rings. The fourth-order valence-electron chi connectivity index (χ4n) is 5.32. The van der Waals surface area contributed by atoms with Gasteiger partial charge in [0.25, 0.3) is 0 Å². The average molecular weight is 640 g/mol. The predicted molar refractivity (Wildman–Crippen MR) is 168 cm³/mol. The SMILES string of the molecule is COc1ccc2c(OCC[C@@H]3NC(=O)N(C)CCCCC=C[C@@H]4C[C@@]4(C(=O)O)NC3=O)cc(-c3nc(C(C)C)cs3)nc2c1F. The van der Waals surface area contributed by atoms with Gasteiger partial charge in [0.05, 0.1) is 19.4 Å². The molecule has 0 unspecified atom stereocenters. The lowest BCUT2D eigenvalue weighted by Gasteiger charge is -2.25. The summed E-state index contributed by atoms with van der Waals surface area (Å²) in [5.41, 5.74) is -0.0602. The summed E-state index contributed by atoms with van der Waals surface area (Å²) in [6.07, 6.45) is 6.47. The van der Waals surface area contributed by atoms with Crippen molar-refractivity contribution in [2.45, 2.75) is 63.5 Å². The number of allylic oxidation sites excluding steroid dienone is 1. The number of carbonyl (C=O) groups excluding carboxylic acids is 2. The van der Waals surface area contributed by atoms with Crippen molar-refractivity contribution < 1.29 is 33.4 Å². The lowest BCUT2D eigenvalue weighted by atomic mass is 10.1. The minimum absolute atomic E-state index is 0.0220. The molecule has 3 atom stereocenters. The summed E-state index contributed by atoms with van der Waals surface area (Å²) in [6, 6.07) is 3.28. The van der Waals surface area contributed by atoms with Gasteiger partial charge in [0, 0.05) is 42.8 Å². The third-order valence-electron chi connectivity index (χ3n) is 8.25. The number of aliphatic carboxylic acids is 1. The topological polar surface area (TPSA) is 143 Å². The molecule has 0 bridgehead atoms. The van der Waals surface area contributed by atoms with Gasteiger partial charge in [-0.15, -0.1) is 11.3 Å². The van der Waals surface area contributed by atoms with E-state index in [0.29, 0.717) is 28.4 Å². The quantitative estimate of drug-likeness (QED) is 0.289. The summed E-state index contributed by atoms with van der Waals surface area (Å²) in [5, 5.41) is 18.3. The number of hydrogen-bond donors (Lipinski definition) is 3. The lowest BCUT2D eigenvalue weighted by Crippen LogP contribution is -2.55. The highest BCUT2D eigenvalue weighted by Crippen LogP contribution is 2.45. The van der Waals surface area contributed by atoms with Crippen LogP contribution in [0.4, 0.5) is 9.18 Å². The van der Waals surface area contributed by atoms with E-state index in [-0.39, 0.29) is 42.6 Å². The number of nitrogens with one attached hydrogen (secondary N) is 2. The van der Waals surface area contributed by atoms with Crippen molar-refractivity contribution in [3.8, 4) is 22.2 Å². The third kappa shape index (κ3) is 6.87. The van der Waals surface area contributed by atoms with Crippen LogP contribution in [0.15, 0.2) is 35.7 Å². The number of halogens is 1. The Bertz CT molecular complexity index is 1630. The molecule has 1 aliphatic heterocycles. The van der Waals surface area contributed by atoms with Gasteiger partial charge in [-0.05, 0) is 43.7 Å². The minimum Gasteiger partial charge on any atom is -0.494 e. The Morgan fingerprint density at radius 1 is 1.24 bits per heavy atom. The van der Waals surface area contributed by atoms with Crippen LogP contribution >= 0.6 is 11.3 Å². The second-order valence-corrected chi connectivity index (χ2v) is 12.6. The Hall–Kier alpha value is -4.26. The van der Waals surface area contributed by atoms with Crippen molar-refractivity contribution in [2.24, 2.45) is 5.92 Å². The highest BCUT2D eigenvalue weighted by atomic mass is 32.1. The van der Waals surface area contributed by atoms with Crippen molar-refractivity contribution >= 4 is 40.1 Å². The number of fused-ring (bicyclic) bond motifs is 2. The number of carboxylic acid groups (broad SMARTS) is 1. The molecule has 2 aromatic heterocycles. The Labute approximate surface area is 264 Å². The van der Waals surface area contributed by atoms with Crippen LogP contribution in [-0.2, 0) is 9.59 Å². The number of nitrogens with zero attached hydrogens (tertiary/aromatic N) is 3. The van der Waals surface area contributed by atoms with Gasteiger partial charge in [-0.25, -0.2) is 23.9 Å². The molecule has 0 saturated heterocycles. The highest BCUT2D eigenvalue weighted by molar-refractivity contribution is 7.13. The van der Waals surface area contributed by atoms with E-state index in [1.54, 1.807) is 19.2 Å². The number of pyridine rings is 1. The molecular formula is C32H38FN5O6S. The summed E-state index contributed by atoms with van der Waals surface area (Å²) >= 11 is 1.39. The van der Waals surface area contributed by atoms with Gasteiger partial charge < -0.3 is 30.1 Å². The van der Waals surface area contributed by atoms with E-state index in [1.807, 2.05) is 31.4 Å². The van der Waals surface area contributed by atoms with Crippen LogP contribution in [0, 0.1) is 11.7 Å². The van der Waals surface area contributed by atoms with E-state index in [9.17, 15) is 19.5 Å².